The highest BCUT2D eigenvalue weighted by Gasteiger charge is 2.16. The van der Waals surface area contributed by atoms with Gasteiger partial charge in [-0.1, -0.05) is 0 Å². The molecule has 2 heterocycles. The first-order valence-electron chi connectivity index (χ1n) is 7.11. The number of anilines is 2. The Hall–Kier alpha value is -2.50. The molecule has 1 aromatic carbocycles. The van der Waals surface area contributed by atoms with E-state index in [1.807, 2.05) is 6.07 Å². The number of pyridine rings is 1. The van der Waals surface area contributed by atoms with Gasteiger partial charge in [-0.05, 0) is 37.1 Å². The molecule has 1 N–H and O–H groups in total. The molecule has 3 rings (SSSR count). The summed E-state index contributed by atoms with van der Waals surface area (Å²) in [5.41, 5.74) is 1.06. The Morgan fingerprint density at radius 2 is 1.91 bits per heavy atom. The first kappa shape index (κ1) is 14.4. The molecule has 1 saturated heterocycles. The Balaban J connectivity index is 1.78. The van der Waals surface area contributed by atoms with Gasteiger partial charge in [-0.3, -0.25) is 9.78 Å². The zero-order valence-corrected chi connectivity index (χ0v) is 11.9. The van der Waals surface area contributed by atoms with Crippen LogP contribution in [-0.4, -0.2) is 24.0 Å². The fourth-order valence-corrected chi connectivity index (χ4v) is 2.49. The number of nitrogens with zero attached hydrogens (tertiary/aromatic N) is 2. The number of benzene rings is 1. The van der Waals surface area contributed by atoms with Crippen molar-refractivity contribution in [2.24, 2.45) is 0 Å². The van der Waals surface area contributed by atoms with Crippen LogP contribution in [0.5, 0.6) is 0 Å². The summed E-state index contributed by atoms with van der Waals surface area (Å²) >= 11 is 0. The minimum absolute atomic E-state index is 0.0697. The quantitative estimate of drug-likeness (QED) is 0.947. The lowest BCUT2D eigenvalue weighted by molar-refractivity contribution is 0.102. The average molecular weight is 303 g/mol. The summed E-state index contributed by atoms with van der Waals surface area (Å²) in [6, 6.07) is 6.53. The lowest BCUT2D eigenvalue weighted by Gasteiger charge is -2.17. The summed E-state index contributed by atoms with van der Waals surface area (Å²) in [6.07, 6.45) is 3.82. The number of rotatable bonds is 3. The van der Waals surface area contributed by atoms with Crippen LogP contribution in [0.4, 0.5) is 20.2 Å². The van der Waals surface area contributed by atoms with Gasteiger partial charge < -0.3 is 10.2 Å². The van der Waals surface area contributed by atoms with Crippen LogP contribution in [-0.2, 0) is 0 Å². The standard InChI is InChI=1S/C16H15F2N3O/c17-11-3-4-14(13(18)9-11)20-16(22)15-10-12(5-6-19-15)21-7-1-2-8-21/h3-6,9-10H,1-2,7-8H2,(H,20,22). The largest absolute Gasteiger partial charge is 0.371 e. The van der Waals surface area contributed by atoms with Crippen molar-refractivity contribution in [3.63, 3.8) is 0 Å². The number of aromatic nitrogens is 1. The van der Waals surface area contributed by atoms with Crippen LogP contribution >= 0.6 is 0 Å². The molecule has 1 aromatic heterocycles. The molecule has 114 valence electrons. The van der Waals surface area contributed by atoms with E-state index in [9.17, 15) is 13.6 Å². The minimum atomic E-state index is -0.816. The number of carbonyl (C=O) groups is 1. The predicted molar refractivity (Wildman–Crippen MR) is 80.0 cm³/mol. The van der Waals surface area contributed by atoms with Gasteiger partial charge in [0.1, 0.15) is 17.3 Å². The summed E-state index contributed by atoms with van der Waals surface area (Å²) in [7, 11) is 0. The average Bonchev–Trinajstić information content (AvgIpc) is 3.04. The summed E-state index contributed by atoms with van der Waals surface area (Å²) in [6.45, 7) is 1.91. The third kappa shape index (κ3) is 3.05. The van der Waals surface area contributed by atoms with Crippen molar-refractivity contribution in [1.29, 1.82) is 0 Å². The maximum atomic E-state index is 13.6. The second-order valence-corrected chi connectivity index (χ2v) is 5.17. The first-order chi connectivity index (χ1) is 10.6. The Labute approximate surface area is 126 Å². The molecule has 22 heavy (non-hydrogen) atoms. The van der Waals surface area contributed by atoms with E-state index in [1.54, 1.807) is 12.3 Å². The smallest absolute Gasteiger partial charge is 0.274 e. The van der Waals surface area contributed by atoms with Crippen molar-refractivity contribution in [3.8, 4) is 0 Å². The van der Waals surface area contributed by atoms with Crippen LogP contribution in [0.15, 0.2) is 36.5 Å². The molecule has 0 spiro atoms. The lowest BCUT2D eigenvalue weighted by Crippen LogP contribution is -2.20. The van der Waals surface area contributed by atoms with Gasteiger partial charge in [0.2, 0.25) is 0 Å². The highest BCUT2D eigenvalue weighted by molar-refractivity contribution is 6.03. The van der Waals surface area contributed by atoms with Crippen LogP contribution in [0, 0.1) is 11.6 Å². The molecule has 0 unspecified atom stereocenters. The fourth-order valence-electron chi connectivity index (χ4n) is 2.49. The van der Waals surface area contributed by atoms with Crippen molar-refractivity contribution in [2.45, 2.75) is 12.8 Å². The number of amides is 1. The Kier molecular flexibility index (Phi) is 4.00. The fraction of sp³-hybridized carbons (Fsp3) is 0.250. The number of halogens is 2. The van der Waals surface area contributed by atoms with Gasteiger partial charge in [-0.15, -0.1) is 0 Å². The van der Waals surface area contributed by atoms with Gasteiger partial charge in [-0.2, -0.15) is 0 Å². The minimum Gasteiger partial charge on any atom is -0.371 e. The second kappa shape index (κ2) is 6.09. The maximum absolute atomic E-state index is 13.6. The van der Waals surface area contributed by atoms with Crippen LogP contribution in [0.2, 0.25) is 0 Å². The number of nitrogens with one attached hydrogen (secondary N) is 1. The monoisotopic (exact) mass is 303 g/mol. The van der Waals surface area contributed by atoms with E-state index in [1.165, 1.54) is 6.07 Å². The van der Waals surface area contributed by atoms with E-state index in [2.05, 4.69) is 15.2 Å². The van der Waals surface area contributed by atoms with Crippen molar-refractivity contribution < 1.29 is 13.6 Å². The molecular formula is C16H15F2N3O. The molecule has 1 aliphatic rings. The molecule has 4 nitrogen and oxygen atoms in total. The number of carbonyl (C=O) groups excluding carboxylic acids is 1. The highest BCUT2D eigenvalue weighted by Crippen LogP contribution is 2.21. The summed E-state index contributed by atoms with van der Waals surface area (Å²) in [5.74, 6) is -2.03. The van der Waals surface area contributed by atoms with Crippen LogP contribution in [0.25, 0.3) is 0 Å². The highest BCUT2D eigenvalue weighted by atomic mass is 19.1. The van der Waals surface area contributed by atoms with Gasteiger partial charge in [0.25, 0.3) is 5.91 Å². The molecule has 0 aliphatic carbocycles. The van der Waals surface area contributed by atoms with Crippen molar-refractivity contribution >= 4 is 17.3 Å². The Morgan fingerprint density at radius 1 is 1.14 bits per heavy atom. The van der Waals surface area contributed by atoms with Crippen molar-refractivity contribution in [3.05, 3.63) is 53.9 Å². The molecule has 6 heteroatoms. The van der Waals surface area contributed by atoms with Gasteiger partial charge in [-0.25, -0.2) is 8.78 Å². The van der Waals surface area contributed by atoms with Crippen LogP contribution < -0.4 is 10.2 Å². The van der Waals surface area contributed by atoms with Gasteiger partial charge in [0.15, 0.2) is 0 Å². The first-order valence-corrected chi connectivity index (χ1v) is 7.11. The van der Waals surface area contributed by atoms with Gasteiger partial charge in [0, 0.05) is 31.0 Å². The normalized spacial score (nSPS) is 14.2. The maximum Gasteiger partial charge on any atom is 0.274 e. The van der Waals surface area contributed by atoms with E-state index in [0.717, 1.165) is 43.8 Å². The third-order valence-electron chi connectivity index (χ3n) is 3.63. The molecule has 0 atom stereocenters. The molecule has 0 saturated carbocycles. The SMILES string of the molecule is O=C(Nc1ccc(F)cc1F)c1cc(N2CCCC2)ccn1. The molecule has 1 amide bonds. The van der Waals surface area contributed by atoms with Gasteiger partial charge >= 0.3 is 0 Å². The van der Waals surface area contributed by atoms with Crippen molar-refractivity contribution in [1.82, 2.24) is 4.98 Å². The van der Waals surface area contributed by atoms with Crippen LogP contribution in [0.3, 0.4) is 0 Å². The van der Waals surface area contributed by atoms with E-state index in [4.69, 9.17) is 0 Å². The van der Waals surface area contributed by atoms with E-state index >= 15 is 0 Å². The predicted octanol–water partition coefficient (Wildman–Crippen LogP) is 3.21. The zero-order chi connectivity index (χ0) is 15.5. The molecule has 1 aliphatic heterocycles. The lowest BCUT2D eigenvalue weighted by atomic mass is 10.2. The van der Waals surface area contributed by atoms with E-state index < -0.39 is 17.5 Å². The third-order valence-corrected chi connectivity index (χ3v) is 3.63. The Bertz CT molecular complexity index is 700. The molecule has 2 aromatic rings. The molecule has 0 bridgehead atoms. The molecule has 1 fully saturated rings. The van der Waals surface area contributed by atoms with E-state index in [-0.39, 0.29) is 11.4 Å². The van der Waals surface area contributed by atoms with Crippen molar-refractivity contribution in [2.75, 3.05) is 23.3 Å². The topological polar surface area (TPSA) is 45.2 Å². The summed E-state index contributed by atoms with van der Waals surface area (Å²) in [5, 5.41) is 2.41. The van der Waals surface area contributed by atoms with E-state index in [0.29, 0.717) is 0 Å². The summed E-state index contributed by atoms with van der Waals surface area (Å²) < 4.78 is 26.4. The number of hydrogen-bond acceptors (Lipinski definition) is 3. The summed E-state index contributed by atoms with van der Waals surface area (Å²) in [4.78, 5) is 18.4. The molecule has 0 radical (unpaired) electrons. The molecular weight excluding hydrogens is 288 g/mol. The van der Waals surface area contributed by atoms with Crippen LogP contribution in [0.1, 0.15) is 23.3 Å². The van der Waals surface area contributed by atoms with Gasteiger partial charge in [0.05, 0.1) is 5.69 Å². The zero-order valence-electron chi connectivity index (χ0n) is 11.9. The second-order valence-electron chi connectivity index (χ2n) is 5.17. The Morgan fingerprint density at radius 3 is 2.64 bits per heavy atom. The number of hydrogen-bond donors (Lipinski definition) is 1.